The molecule has 0 spiro atoms. The topological polar surface area (TPSA) is 105 Å². The Bertz CT molecular complexity index is 842. The smallest absolute Gasteiger partial charge is 0.326 e. The van der Waals surface area contributed by atoms with Crippen molar-refractivity contribution in [1.29, 1.82) is 0 Å². The van der Waals surface area contributed by atoms with Crippen molar-refractivity contribution in [2.75, 3.05) is 11.9 Å². The predicted molar refractivity (Wildman–Crippen MR) is 110 cm³/mol. The van der Waals surface area contributed by atoms with Gasteiger partial charge in [0.2, 0.25) is 0 Å². The number of amides is 2. The molecule has 2 rings (SSSR count). The second-order valence-electron chi connectivity index (χ2n) is 7.51. The van der Waals surface area contributed by atoms with Gasteiger partial charge in [0.1, 0.15) is 6.04 Å². The number of carboxylic acid groups (broad SMARTS) is 1. The molecule has 1 atom stereocenters. The molecule has 0 bridgehead atoms. The van der Waals surface area contributed by atoms with Gasteiger partial charge in [-0.05, 0) is 57.2 Å². The zero-order chi connectivity index (χ0) is 21.4. The Kier molecular flexibility index (Phi) is 7.50. The third kappa shape index (κ3) is 7.38. The van der Waals surface area contributed by atoms with Crippen LogP contribution in [-0.4, -0.2) is 41.1 Å². The van der Waals surface area contributed by atoms with Crippen LogP contribution in [0, 0.1) is 0 Å². The molecule has 3 N–H and O–H groups in total. The van der Waals surface area contributed by atoms with Crippen LogP contribution in [0.25, 0.3) is 0 Å². The number of anilines is 1. The molecule has 0 aromatic heterocycles. The van der Waals surface area contributed by atoms with Gasteiger partial charge in [0.05, 0.1) is 5.60 Å². The summed E-state index contributed by atoms with van der Waals surface area (Å²) in [6, 6.07) is 14.0. The highest BCUT2D eigenvalue weighted by molar-refractivity contribution is 6.05. The summed E-state index contributed by atoms with van der Waals surface area (Å²) in [5, 5.41) is 14.6. The van der Waals surface area contributed by atoms with Gasteiger partial charge in [-0.2, -0.15) is 0 Å². The van der Waals surface area contributed by atoms with Crippen molar-refractivity contribution in [3.63, 3.8) is 0 Å². The molecule has 0 heterocycles. The Balaban J connectivity index is 1.96. The molecule has 0 saturated heterocycles. The molecule has 7 nitrogen and oxygen atoms in total. The van der Waals surface area contributed by atoms with Crippen LogP contribution in [0.3, 0.4) is 0 Å². The van der Waals surface area contributed by atoms with Gasteiger partial charge in [0, 0.05) is 29.8 Å². The molecule has 0 aliphatic rings. The summed E-state index contributed by atoms with van der Waals surface area (Å²) in [6.45, 7) is 5.82. The third-order valence-corrected chi connectivity index (χ3v) is 3.99. The van der Waals surface area contributed by atoms with Crippen molar-refractivity contribution in [2.24, 2.45) is 0 Å². The lowest BCUT2D eigenvalue weighted by Crippen LogP contribution is -2.42. The SMILES string of the molecule is CC(C)(C)OCCC(NC(=O)c1ccc(C(=O)Nc2ccccc2)cc1)C(=O)O. The van der Waals surface area contributed by atoms with Crippen LogP contribution < -0.4 is 10.6 Å². The lowest BCUT2D eigenvalue weighted by atomic mass is 10.1. The van der Waals surface area contributed by atoms with Gasteiger partial charge in [0.25, 0.3) is 11.8 Å². The number of carboxylic acids is 1. The summed E-state index contributed by atoms with van der Waals surface area (Å²) in [4.78, 5) is 36.0. The number of rotatable bonds is 8. The highest BCUT2D eigenvalue weighted by Crippen LogP contribution is 2.11. The van der Waals surface area contributed by atoms with Crippen molar-refractivity contribution in [1.82, 2.24) is 5.32 Å². The van der Waals surface area contributed by atoms with E-state index in [-0.39, 0.29) is 30.1 Å². The van der Waals surface area contributed by atoms with Crippen LogP contribution in [0.2, 0.25) is 0 Å². The lowest BCUT2D eigenvalue weighted by molar-refractivity contribution is -0.140. The van der Waals surface area contributed by atoms with Crippen LogP contribution in [-0.2, 0) is 9.53 Å². The summed E-state index contributed by atoms with van der Waals surface area (Å²) >= 11 is 0. The Morgan fingerprint density at radius 3 is 2.00 bits per heavy atom. The zero-order valence-electron chi connectivity index (χ0n) is 16.8. The molecule has 2 aromatic rings. The Hall–Kier alpha value is -3.19. The normalized spacial score (nSPS) is 12.1. The fourth-order valence-electron chi connectivity index (χ4n) is 2.48. The summed E-state index contributed by atoms with van der Waals surface area (Å²) < 4.78 is 5.53. The van der Waals surface area contributed by atoms with E-state index < -0.39 is 17.9 Å². The van der Waals surface area contributed by atoms with Gasteiger partial charge >= 0.3 is 5.97 Å². The minimum Gasteiger partial charge on any atom is -0.480 e. The molecule has 154 valence electrons. The van der Waals surface area contributed by atoms with Crippen molar-refractivity contribution in [3.05, 3.63) is 65.7 Å². The lowest BCUT2D eigenvalue weighted by Gasteiger charge is -2.21. The van der Waals surface area contributed by atoms with Gasteiger partial charge in [-0.3, -0.25) is 9.59 Å². The molecule has 0 aliphatic carbocycles. The molecule has 0 fully saturated rings. The van der Waals surface area contributed by atoms with Crippen molar-refractivity contribution >= 4 is 23.5 Å². The fourth-order valence-corrected chi connectivity index (χ4v) is 2.48. The molecule has 0 aliphatic heterocycles. The Morgan fingerprint density at radius 2 is 1.48 bits per heavy atom. The second kappa shape index (κ2) is 9.84. The number of carbonyl (C=O) groups is 3. The largest absolute Gasteiger partial charge is 0.480 e. The monoisotopic (exact) mass is 398 g/mol. The predicted octanol–water partition coefficient (Wildman–Crippen LogP) is 3.33. The Labute approximate surface area is 170 Å². The zero-order valence-corrected chi connectivity index (χ0v) is 16.8. The van der Waals surface area contributed by atoms with Crippen LogP contribution in [0.15, 0.2) is 54.6 Å². The van der Waals surface area contributed by atoms with Gasteiger partial charge in [-0.15, -0.1) is 0 Å². The van der Waals surface area contributed by atoms with Crippen molar-refractivity contribution in [3.8, 4) is 0 Å². The molecule has 2 amide bonds. The quantitative estimate of drug-likeness (QED) is 0.633. The molecule has 0 saturated carbocycles. The average molecular weight is 398 g/mol. The number of aliphatic carboxylic acids is 1. The van der Waals surface area contributed by atoms with E-state index in [0.29, 0.717) is 11.3 Å². The number of ether oxygens (including phenoxy) is 1. The van der Waals surface area contributed by atoms with Crippen LogP contribution >= 0.6 is 0 Å². The van der Waals surface area contributed by atoms with E-state index in [0.717, 1.165) is 0 Å². The summed E-state index contributed by atoms with van der Waals surface area (Å²) in [5.41, 5.74) is 0.938. The van der Waals surface area contributed by atoms with E-state index in [1.807, 2.05) is 39.0 Å². The Morgan fingerprint density at radius 1 is 0.931 bits per heavy atom. The first-order valence-electron chi connectivity index (χ1n) is 9.30. The standard InChI is InChI=1S/C22H26N2O5/c1-22(2,3)29-14-13-18(21(27)28)24-20(26)16-11-9-15(10-12-16)19(25)23-17-7-5-4-6-8-17/h4-12,18H,13-14H2,1-3H3,(H,23,25)(H,24,26)(H,27,28). The fraction of sp³-hybridized carbons (Fsp3) is 0.318. The number of para-hydroxylation sites is 1. The number of benzene rings is 2. The van der Waals surface area contributed by atoms with E-state index in [1.54, 1.807) is 12.1 Å². The maximum absolute atomic E-state index is 12.4. The molecular weight excluding hydrogens is 372 g/mol. The summed E-state index contributed by atoms with van der Waals surface area (Å²) in [7, 11) is 0. The van der Waals surface area contributed by atoms with Gasteiger partial charge in [-0.1, -0.05) is 18.2 Å². The number of hydrogen-bond donors (Lipinski definition) is 3. The van der Waals surface area contributed by atoms with Gasteiger partial charge in [0.15, 0.2) is 0 Å². The minimum absolute atomic E-state index is 0.149. The third-order valence-electron chi connectivity index (χ3n) is 3.99. The van der Waals surface area contributed by atoms with E-state index in [9.17, 15) is 19.5 Å². The van der Waals surface area contributed by atoms with Gasteiger partial charge < -0.3 is 20.5 Å². The van der Waals surface area contributed by atoms with Crippen LogP contribution in [0.4, 0.5) is 5.69 Å². The first-order chi connectivity index (χ1) is 13.7. The van der Waals surface area contributed by atoms with E-state index in [4.69, 9.17) is 4.74 Å². The highest BCUT2D eigenvalue weighted by Gasteiger charge is 2.22. The van der Waals surface area contributed by atoms with Gasteiger partial charge in [-0.25, -0.2) is 4.79 Å². The molecule has 7 heteroatoms. The van der Waals surface area contributed by atoms with E-state index >= 15 is 0 Å². The highest BCUT2D eigenvalue weighted by atomic mass is 16.5. The average Bonchev–Trinajstić information content (AvgIpc) is 2.67. The second-order valence-corrected chi connectivity index (χ2v) is 7.51. The first kappa shape index (κ1) is 22.1. The number of hydrogen-bond acceptors (Lipinski definition) is 4. The number of carbonyl (C=O) groups excluding carboxylic acids is 2. The van der Waals surface area contributed by atoms with E-state index in [2.05, 4.69) is 10.6 Å². The molecule has 1 unspecified atom stereocenters. The molecular formula is C22H26N2O5. The van der Waals surface area contributed by atoms with Crippen molar-refractivity contribution in [2.45, 2.75) is 38.8 Å². The molecule has 2 aromatic carbocycles. The van der Waals surface area contributed by atoms with Crippen molar-refractivity contribution < 1.29 is 24.2 Å². The molecule has 0 radical (unpaired) electrons. The number of nitrogens with one attached hydrogen (secondary N) is 2. The maximum Gasteiger partial charge on any atom is 0.326 e. The summed E-state index contributed by atoms with van der Waals surface area (Å²) in [6.07, 6.45) is 0.149. The minimum atomic E-state index is -1.13. The molecule has 29 heavy (non-hydrogen) atoms. The maximum atomic E-state index is 12.4. The van der Waals surface area contributed by atoms with Crippen LogP contribution in [0.1, 0.15) is 47.9 Å². The first-order valence-corrected chi connectivity index (χ1v) is 9.30. The van der Waals surface area contributed by atoms with E-state index in [1.165, 1.54) is 24.3 Å². The van der Waals surface area contributed by atoms with Crippen LogP contribution in [0.5, 0.6) is 0 Å². The summed E-state index contributed by atoms with van der Waals surface area (Å²) in [5.74, 6) is -1.95.